The van der Waals surface area contributed by atoms with E-state index >= 15 is 0 Å². The van der Waals surface area contributed by atoms with E-state index in [0.717, 1.165) is 12.1 Å². The van der Waals surface area contributed by atoms with Crippen LogP contribution in [0.5, 0.6) is 0 Å². The third kappa shape index (κ3) is 3.95. The lowest BCUT2D eigenvalue weighted by Gasteiger charge is -2.25. The Labute approximate surface area is 120 Å². The van der Waals surface area contributed by atoms with Crippen molar-refractivity contribution >= 4 is 17.4 Å². The number of carbonyl (C=O) groups is 1. The van der Waals surface area contributed by atoms with Gasteiger partial charge in [-0.2, -0.15) is 0 Å². The monoisotopic (exact) mass is 252 g/mol. The molecule has 0 bridgehead atoms. The fourth-order valence-electron chi connectivity index (χ4n) is 1.02. The minimum atomic E-state index is -3.89. The number of Topliss-reactive ketones (excluding diaryl/α,β-unsaturated/α-hetero) is 1. The molecule has 0 aliphatic rings. The number of halogens is 1. The SMILES string of the molecule is [2H]C([2H])([2H])C([2H])(NC(C([2H])([2H])[2H])(C([2H])([2H])[2H])C([2H])([2H])[2H])C(=O)c1cccc(Cl)c1. The molecular weight excluding hydrogens is 222 g/mol. The Hall–Kier alpha value is -0.860. The maximum atomic E-state index is 12.9. The molecule has 0 fully saturated rings. The molecule has 0 saturated carbocycles. The van der Waals surface area contributed by atoms with Gasteiger partial charge in [-0.25, -0.2) is 0 Å². The summed E-state index contributed by atoms with van der Waals surface area (Å²) >= 11 is 5.76. The van der Waals surface area contributed by atoms with Gasteiger partial charge in [-0.3, -0.25) is 4.79 Å². The molecule has 2 nitrogen and oxygen atoms in total. The lowest BCUT2D eigenvalue weighted by Crippen LogP contribution is -2.46. The largest absolute Gasteiger partial charge is 0.303 e. The molecule has 0 radical (unpaired) electrons. The predicted octanol–water partition coefficient (Wildman–Crippen LogP) is 3.30. The standard InChI is InChI=1S/C13H18ClNO/c1-9(15-13(2,3)4)12(16)10-6-5-7-11(14)8-10/h5-9,15H,1-4H3/i1D3,2D3,3D3,4D3,9D. The molecule has 1 N–H and O–H groups in total. The zero-order valence-electron chi connectivity index (χ0n) is 21.1. The van der Waals surface area contributed by atoms with Gasteiger partial charge in [0.05, 0.1) is 7.39 Å². The molecule has 0 saturated heterocycles. The Morgan fingerprint density at radius 2 is 2.31 bits per heavy atom. The van der Waals surface area contributed by atoms with Crippen LogP contribution in [0.25, 0.3) is 0 Å². The Morgan fingerprint density at radius 1 is 1.56 bits per heavy atom. The van der Waals surface area contributed by atoms with Crippen molar-refractivity contribution in [2.75, 3.05) is 0 Å². The van der Waals surface area contributed by atoms with Gasteiger partial charge >= 0.3 is 0 Å². The highest BCUT2D eigenvalue weighted by molar-refractivity contribution is 6.31. The summed E-state index contributed by atoms with van der Waals surface area (Å²) in [6.45, 7) is -15.2. The zero-order chi connectivity index (χ0) is 23.3. The summed E-state index contributed by atoms with van der Waals surface area (Å²) in [6.07, 6.45) is 0. The first-order valence-electron chi connectivity index (χ1n) is 10.7. The van der Waals surface area contributed by atoms with Crippen LogP contribution in [0, 0.1) is 0 Å². The number of rotatable bonds is 3. The molecule has 0 aliphatic carbocycles. The number of ketones is 1. The summed E-state index contributed by atoms with van der Waals surface area (Å²) in [5, 5.41) is 1.43. The van der Waals surface area contributed by atoms with Gasteiger partial charge in [0.1, 0.15) is 0 Å². The van der Waals surface area contributed by atoms with Gasteiger partial charge in [-0.1, -0.05) is 23.7 Å². The van der Waals surface area contributed by atoms with Crippen molar-refractivity contribution in [1.29, 1.82) is 0 Å². The number of carbonyl (C=O) groups excluding carboxylic acids is 1. The van der Waals surface area contributed by atoms with Crippen LogP contribution in [0.4, 0.5) is 0 Å². The van der Waals surface area contributed by atoms with Crippen LogP contribution in [0.1, 0.15) is 55.6 Å². The highest BCUT2D eigenvalue weighted by Crippen LogP contribution is 2.13. The van der Waals surface area contributed by atoms with Crippen molar-refractivity contribution in [1.82, 2.24) is 5.32 Å². The normalized spacial score (nSPS) is 30.7. The highest BCUT2D eigenvalue weighted by Gasteiger charge is 2.20. The van der Waals surface area contributed by atoms with E-state index in [1.807, 2.05) is 0 Å². The van der Waals surface area contributed by atoms with E-state index in [-0.39, 0.29) is 5.02 Å². The first-order valence-corrected chi connectivity index (χ1v) is 4.59. The molecule has 0 spiro atoms. The Kier molecular flexibility index (Phi) is 1.19. The van der Waals surface area contributed by atoms with Gasteiger partial charge in [0.25, 0.3) is 0 Å². The summed E-state index contributed by atoms with van der Waals surface area (Å²) in [4.78, 5) is 12.9. The van der Waals surface area contributed by atoms with Crippen LogP contribution in [-0.2, 0) is 0 Å². The first-order chi connectivity index (χ1) is 12.6. The van der Waals surface area contributed by atoms with Crippen molar-refractivity contribution in [2.45, 2.75) is 39.0 Å². The molecule has 3 heteroatoms. The lowest BCUT2D eigenvalue weighted by atomic mass is 10.0. The third-order valence-corrected chi connectivity index (χ3v) is 1.86. The van der Waals surface area contributed by atoms with E-state index in [0.29, 0.717) is 0 Å². The quantitative estimate of drug-likeness (QED) is 0.837. The van der Waals surface area contributed by atoms with Crippen LogP contribution >= 0.6 is 11.6 Å². The van der Waals surface area contributed by atoms with E-state index in [2.05, 4.69) is 0 Å². The van der Waals surface area contributed by atoms with E-state index in [4.69, 9.17) is 29.4 Å². The van der Waals surface area contributed by atoms with Crippen LogP contribution in [0.3, 0.4) is 0 Å². The van der Waals surface area contributed by atoms with Crippen LogP contribution in [0.2, 0.25) is 5.02 Å². The van der Waals surface area contributed by atoms with Gasteiger partial charge in [-0.15, -0.1) is 0 Å². The molecule has 1 unspecified atom stereocenters. The van der Waals surface area contributed by atoms with E-state index < -0.39 is 50.3 Å². The van der Waals surface area contributed by atoms with Crippen molar-refractivity contribution in [2.24, 2.45) is 0 Å². The average Bonchev–Trinajstić information content (AvgIpc) is 2.46. The van der Waals surface area contributed by atoms with Gasteiger partial charge < -0.3 is 5.32 Å². The number of hydrogen-bond donors (Lipinski definition) is 1. The van der Waals surface area contributed by atoms with E-state index in [1.165, 1.54) is 17.4 Å². The van der Waals surface area contributed by atoms with Gasteiger partial charge in [0.15, 0.2) is 5.78 Å². The second kappa shape index (κ2) is 4.98. The van der Waals surface area contributed by atoms with E-state index in [9.17, 15) is 4.79 Å². The van der Waals surface area contributed by atoms with Crippen molar-refractivity contribution in [3.63, 3.8) is 0 Å². The second-order valence-electron chi connectivity index (χ2n) is 3.09. The van der Waals surface area contributed by atoms with Gasteiger partial charge in [-0.05, 0) is 39.5 Å². The zero-order valence-corrected chi connectivity index (χ0v) is 8.85. The minimum absolute atomic E-state index is 0.0162. The smallest absolute Gasteiger partial charge is 0.179 e. The van der Waals surface area contributed by atoms with Crippen LogP contribution in [-0.4, -0.2) is 17.3 Å². The average molecular weight is 253 g/mol. The summed E-state index contributed by atoms with van der Waals surface area (Å²) in [5.74, 6) is -1.57. The number of nitrogens with one attached hydrogen (secondary N) is 1. The molecule has 0 amide bonds. The van der Waals surface area contributed by atoms with Crippen molar-refractivity contribution in [3.05, 3.63) is 34.9 Å². The molecule has 0 heterocycles. The fourth-order valence-corrected chi connectivity index (χ4v) is 1.21. The topological polar surface area (TPSA) is 29.1 Å². The fraction of sp³-hybridized carbons (Fsp3) is 0.462. The molecule has 0 aliphatic heterocycles. The maximum absolute atomic E-state index is 12.9. The summed E-state index contributed by atoms with van der Waals surface area (Å²) < 4.78 is 99.1. The first kappa shape index (κ1) is 3.82. The maximum Gasteiger partial charge on any atom is 0.179 e. The molecule has 1 aromatic carbocycles. The highest BCUT2D eigenvalue weighted by atomic mass is 35.5. The second-order valence-corrected chi connectivity index (χ2v) is 3.53. The molecular formula is C13H18ClNO. The molecule has 1 atom stereocenters. The lowest BCUT2D eigenvalue weighted by molar-refractivity contribution is 0.0936. The number of benzene rings is 1. The Bertz CT molecular complexity index is 728. The van der Waals surface area contributed by atoms with Crippen molar-refractivity contribution < 1.29 is 22.6 Å². The summed E-state index contributed by atoms with van der Waals surface area (Å²) in [7, 11) is 0. The molecule has 0 aromatic heterocycles. The van der Waals surface area contributed by atoms with Crippen LogP contribution in [0.15, 0.2) is 24.3 Å². The summed E-state index contributed by atoms with van der Waals surface area (Å²) in [6, 6.07) is 1.02. The Balaban J connectivity index is 3.85. The predicted molar refractivity (Wildman–Crippen MR) is 68.1 cm³/mol. The third-order valence-electron chi connectivity index (χ3n) is 1.63. The van der Waals surface area contributed by atoms with Gasteiger partial charge in [0.2, 0.25) is 0 Å². The van der Waals surface area contributed by atoms with Crippen LogP contribution < -0.4 is 5.32 Å². The molecule has 16 heavy (non-hydrogen) atoms. The minimum Gasteiger partial charge on any atom is -0.303 e. The summed E-state index contributed by atoms with van der Waals surface area (Å²) in [5.41, 5.74) is -4.34. The van der Waals surface area contributed by atoms with E-state index in [1.54, 1.807) is 0 Å². The Morgan fingerprint density at radius 3 is 2.88 bits per heavy atom. The molecule has 1 rings (SSSR count). The molecule has 88 valence electrons. The van der Waals surface area contributed by atoms with Crippen molar-refractivity contribution in [3.8, 4) is 0 Å². The molecule has 1 aromatic rings. The number of hydrogen-bond acceptors (Lipinski definition) is 2. The van der Waals surface area contributed by atoms with Gasteiger partial charge in [0, 0.05) is 32.6 Å².